The Hall–Kier alpha value is -4.08. The van der Waals surface area contributed by atoms with Crippen molar-refractivity contribution in [1.29, 1.82) is 0 Å². The van der Waals surface area contributed by atoms with Crippen LogP contribution in [-0.2, 0) is 11.4 Å². The molecule has 5 rings (SSSR count). The lowest BCUT2D eigenvalue weighted by Crippen LogP contribution is -2.38. The number of fused-ring (bicyclic) bond motifs is 1. The van der Waals surface area contributed by atoms with E-state index in [2.05, 4.69) is 35.5 Å². The number of pyridine rings is 2. The molecular formula is C22H22N8O2. The van der Waals surface area contributed by atoms with Gasteiger partial charge in [-0.2, -0.15) is 4.52 Å². The van der Waals surface area contributed by atoms with Gasteiger partial charge >= 0.3 is 0 Å². The molecule has 0 aliphatic carbocycles. The highest BCUT2D eigenvalue weighted by Gasteiger charge is 2.26. The highest BCUT2D eigenvalue weighted by molar-refractivity contribution is 5.93. The number of carbonyl (C=O) groups excluding carboxylic acids is 1. The van der Waals surface area contributed by atoms with Gasteiger partial charge in [0.05, 0.1) is 0 Å². The molecule has 1 fully saturated rings. The number of rotatable bonds is 6. The van der Waals surface area contributed by atoms with E-state index in [1.165, 1.54) is 0 Å². The Morgan fingerprint density at radius 2 is 1.94 bits per heavy atom. The van der Waals surface area contributed by atoms with E-state index in [4.69, 9.17) is 4.74 Å². The number of carbonyl (C=O) groups is 1. The largest absolute Gasteiger partial charge is 0.485 e. The first kappa shape index (κ1) is 19.9. The van der Waals surface area contributed by atoms with Gasteiger partial charge in [0.15, 0.2) is 17.2 Å². The molecular weight excluding hydrogens is 408 g/mol. The molecule has 0 atom stereocenters. The summed E-state index contributed by atoms with van der Waals surface area (Å²) in [5.41, 5.74) is 1.70. The zero-order valence-electron chi connectivity index (χ0n) is 17.3. The maximum Gasteiger partial charge on any atom is 0.228 e. The van der Waals surface area contributed by atoms with Crippen molar-refractivity contribution in [3.05, 3.63) is 66.9 Å². The summed E-state index contributed by atoms with van der Waals surface area (Å²) in [6.07, 6.45) is 8.12. The number of piperidine rings is 1. The lowest BCUT2D eigenvalue weighted by molar-refractivity contribution is -0.120. The number of anilines is 2. The van der Waals surface area contributed by atoms with E-state index in [-0.39, 0.29) is 11.8 Å². The second-order valence-electron chi connectivity index (χ2n) is 7.57. The van der Waals surface area contributed by atoms with Crippen molar-refractivity contribution < 1.29 is 9.53 Å². The Kier molecular flexibility index (Phi) is 5.56. The Morgan fingerprint density at radius 3 is 2.78 bits per heavy atom. The van der Waals surface area contributed by atoms with Crippen LogP contribution < -0.4 is 15.0 Å². The molecule has 4 aromatic heterocycles. The van der Waals surface area contributed by atoms with Crippen LogP contribution in [0.1, 0.15) is 18.4 Å². The van der Waals surface area contributed by atoms with Crippen LogP contribution in [0, 0.1) is 5.92 Å². The maximum absolute atomic E-state index is 12.9. The van der Waals surface area contributed by atoms with Gasteiger partial charge in [-0.3, -0.25) is 9.78 Å². The number of nitrogens with zero attached hydrogens (tertiary/aromatic N) is 7. The second-order valence-corrected chi connectivity index (χ2v) is 7.57. The number of hydrogen-bond acceptors (Lipinski definition) is 8. The fourth-order valence-corrected chi connectivity index (χ4v) is 3.72. The molecule has 4 aromatic rings. The molecule has 0 spiro atoms. The van der Waals surface area contributed by atoms with E-state index in [9.17, 15) is 4.79 Å². The number of aromatic nitrogens is 6. The summed E-state index contributed by atoms with van der Waals surface area (Å²) in [7, 11) is 0. The summed E-state index contributed by atoms with van der Waals surface area (Å²) in [5, 5.41) is 15.3. The van der Waals surface area contributed by atoms with Crippen LogP contribution in [0.15, 0.2) is 61.3 Å². The Bertz CT molecular complexity index is 1200. The third-order valence-corrected chi connectivity index (χ3v) is 5.49. The molecule has 0 aromatic carbocycles. The summed E-state index contributed by atoms with van der Waals surface area (Å²) in [6, 6.07) is 11.2. The molecule has 32 heavy (non-hydrogen) atoms. The van der Waals surface area contributed by atoms with Crippen molar-refractivity contribution in [3.8, 4) is 5.75 Å². The van der Waals surface area contributed by atoms with E-state index >= 15 is 0 Å². The average molecular weight is 430 g/mol. The van der Waals surface area contributed by atoms with E-state index in [0.29, 0.717) is 23.8 Å². The van der Waals surface area contributed by atoms with Gasteiger partial charge in [-0.1, -0.05) is 0 Å². The minimum absolute atomic E-state index is 0.0423. The molecule has 1 aliphatic heterocycles. The summed E-state index contributed by atoms with van der Waals surface area (Å²) in [6.45, 7) is 1.86. The van der Waals surface area contributed by atoms with Gasteiger partial charge in [0.1, 0.15) is 18.8 Å². The first-order valence-corrected chi connectivity index (χ1v) is 10.5. The van der Waals surface area contributed by atoms with Crippen LogP contribution in [0.4, 0.5) is 11.6 Å². The van der Waals surface area contributed by atoms with Gasteiger partial charge < -0.3 is 15.0 Å². The van der Waals surface area contributed by atoms with Crippen molar-refractivity contribution in [1.82, 2.24) is 29.8 Å². The topological polar surface area (TPSA) is 110 Å². The maximum atomic E-state index is 12.9. The van der Waals surface area contributed by atoms with Crippen molar-refractivity contribution in [3.63, 3.8) is 0 Å². The molecule has 1 amide bonds. The normalized spacial score (nSPS) is 14.4. The van der Waals surface area contributed by atoms with Crippen LogP contribution in [0.25, 0.3) is 5.65 Å². The van der Waals surface area contributed by atoms with Crippen molar-refractivity contribution >= 4 is 23.2 Å². The zero-order chi connectivity index (χ0) is 21.8. The monoisotopic (exact) mass is 430 g/mol. The molecule has 0 saturated carbocycles. The third kappa shape index (κ3) is 4.34. The van der Waals surface area contributed by atoms with Crippen LogP contribution in [-0.4, -0.2) is 48.8 Å². The van der Waals surface area contributed by atoms with E-state index < -0.39 is 0 Å². The molecule has 162 valence electrons. The first-order valence-electron chi connectivity index (χ1n) is 10.5. The predicted molar refractivity (Wildman–Crippen MR) is 117 cm³/mol. The summed E-state index contributed by atoms with van der Waals surface area (Å²) in [5.74, 6) is 1.70. The van der Waals surface area contributed by atoms with E-state index in [1.54, 1.807) is 41.6 Å². The summed E-state index contributed by atoms with van der Waals surface area (Å²) >= 11 is 0. The van der Waals surface area contributed by atoms with Crippen molar-refractivity contribution in [2.45, 2.75) is 19.4 Å². The Labute approximate surface area is 184 Å². The number of amides is 1. The predicted octanol–water partition coefficient (Wildman–Crippen LogP) is 2.35. The molecule has 0 unspecified atom stereocenters. The molecule has 10 nitrogen and oxygen atoms in total. The van der Waals surface area contributed by atoms with Gasteiger partial charge in [0, 0.05) is 37.6 Å². The fourth-order valence-electron chi connectivity index (χ4n) is 3.72. The SMILES string of the molecule is O=C(Nc1ncccc1OCc1ccncc1)C1CCN(c2ccc3nncn3n2)CC1. The van der Waals surface area contributed by atoms with Gasteiger partial charge in [-0.05, 0) is 54.8 Å². The molecule has 10 heteroatoms. The van der Waals surface area contributed by atoms with Crippen molar-refractivity contribution in [2.24, 2.45) is 5.92 Å². The van der Waals surface area contributed by atoms with Crippen LogP contribution >= 0.6 is 0 Å². The third-order valence-electron chi connectivity index (χ3n) is 5.49. The Morgan fingerprint density at radius 1 is 1.09 bits per heavy atom. The zero-order valence-corrected chi connectivity index (χ0v) is 17.3. The Balaban J connectivity index is 1.19. The quantitative estimate of drug-likeness (QED) is 0.496. The minimum Gasteiger partial charge on any atom is -0.485 e. The summed E-state index contributed by atoms with van der Waals surface area (Å²) in [4.78, 5) is 23.4. The van der Waals surface area contributed by atoms with Crippen LogP contribution in [0.5, 0.6) is 5.75 Å². The van der Waals surface area contributed by atoms with Crippen molar-refractivity contribution in [2.75, 3.05) is 23.3 Å². The number of nitrogens with one attached hydrogen (secondary N) is 1. The van der Waals surface area contributed by atoms with E-state index in [1.807, 2.05) is 24.3 Å². The lowest BCUT2D eigenvalue weighted by atomic mass is 9.96. The van der Waals surface area contributed by atoms with Gasteiger partial charge in [0.25, 0.3) is 0 Å². The van der Waals surface area contributed by atoms with Crippen LogP contribution in [0.2, 0.25) is 0 Å². The smallest absolute Gasteiger partial charge is 0.228 e. The summed E-state index contributed by atoms with van der Waals surface area (Å²) < 4.78 is 7.54. The molecule has 5 heterocycles. The molecule has 1 N–H and O–H groups in total. The van der Waals surface area contributed by atoms with Gasteiger partial charge in [0.2, 0.25) is 5.91 Å². The minimum atomic E-state index is -0.0973. The lowest BCUT2D eigenvalue weighted by Gasteiger charge is -2.32. The number of ether oxygens (including phenoxy) is 1. The molecule has 1 saturated heterocycles. The van der Waals surface area contributed by atoms with Gasteiger partial charge in [-0.25, -0.2) is 4.98 Å². The van der Waals surface area contributed by atoms with E-state index in [0.717, 1.165) is 37.3 Å². The fraction of sp³-hybridized carbons (Fsp3) is 0.273. The van der Waals surface area contributed by atoms with Crippen LogP contribution in [0.3, 0.4) is 0 Å². The molecule has 0 bridgehead atoms. The molecule has 0 radical (unpaired) electrons. The second kappa shape index (κ2) is 8.96. The average Bonchev–Trinajstić information content (AvgIpc) is 3.32. The molecule has 1 aliphatic rings. The first-order chi connectivity index (χ1) is 15.8. The number of hydrogen-bond donors (Lipinski definition) is 1. The van der Waals surface area contributed by atoms with Gasteiger partial charge in [-0.15, -0.1) is 15.3 Å². The standard InChI is InChI=1S/C22H22N8O2/c31-22(26-21-18(2-1-9-24-21)32-14-16-5-10-23-11-6-16)17-7-12-29(13-8-17)20-4-3-19-27-25-15-30(19)28-20/h1-6,9-11,15,17H,7-8,12-14H2,(H,24,26,31). The highest BCUT2D eigenvalue weighted by Crippen LogP contribution is 2.26. The highest BCUT2D eigenvalue weighted by atomic mass is 16.5.